The molecule has 43 heavy (non-hydrogen) atoms. The van der Waals surface area contributed by atoms with Crippen molar-refractivity contribution in [2.75, 3.05) is 12.3 Å². The molecule has 0 aromatic heterocycles. The summed E-state index contributed by atoms with van der Waals surface area (Å²) in [6.07, 6.45) is 0.834. The van der Waals surface area contributed by atoms with Gasteiger partial charge in [-0.2, -0.15) is 8.42 Å². The number of azide groups is 1. The van der Waals surface area contributed by atoms with Crippen molar-refractivity contribution in [2.45, 2.75) is 84.0 Å². The molecule has 0 saturated carbocycles. The molecule has 0 aliphatic rings. The third kappa shape index (κ3) is 16.3. The quantitative estimate of drug-likeness (QED) is 0.0290. The molecule has 0 saturated heterocycles. The average Bonchev–Trinajstić information content (AvgIpc) is 2.89. The lowest BCUT2D eigenvalue weighted by molar-refractivity contribution is -0.133. The monoisotopic (exact) mass is 625 g/mol. The van der Waals surface area contributed by atoms with E-state index in [0.717, 1.165) is 5.56 Å². The number of amides is 3. The van der Waals surface area contributed by atoms with Gasteiger partial charge in [-0.1, -0.05) is 63.1 Å². The number of carbonyl (C=O) groups excluding carboxylic acids is 3. The summed E-state index contributed by atoms with van der Waals surface area (Å²) in [5.74, 6) is -3.23. The Morgan fingerprint density at radius 1 is 0.930 bits per heavy atom. The van der Waals surface area contributed by atoms with Crippen molar-refractivity contribution in [1.82, 2.24) is 16.0 Å². The van der Waals surface area contributed by atoms with E-state index in [1.165, 1.54) is 0 Å². The van der Waals surface area contributed by atoms with Crippen LogP contribution in [0.4, 0.5) is 3.89 Å². The molecule has 16 heteroatoms. The molecule has 240 valence electrons. The Bertz CT molecular complexity index is 1230. The molecule has 0 aliphatic heterocycles. The number of nitrogens with zero attached hydrogens (tertiary/aromatic N) is 4. The minimum atomic E-state index is -4.94. The Kier molecular flexibility index (Phi) is 16.0. The van der Waals surface area contributed by atoms with Gasteiger partial charge >= 0.3 is 10.2 Å². The zero-order valence-corrected chi connectivity index (χ0v) is 25.9. The number of carbonyl (C=O) groups is 3. The van der Waals surface area contributed by atoms with Gasteiger partial charge in [-0.15, -0.1) is 3.89 Å². The van der Waals surface area contributed by atoms with Crippen LogP contribution in [0.1, 0.15) is 58.9 Å². The van der Waals surface area contributed by atoms with Crippen LogP contribution in [-0.4, -0.2) is 68.6 Å². The second kappa shape index (κ2) is 18.6. The molecular formula is C27H44FN9O5S. The van der Waals surface area contributed by atoms with Crippen LogP contribution in [0.2, 0.25) is 0 Å². The molecule has 0 bridgehead atoms. The van der Waals surface area contributed by atoms with Gasteiger partial charge in [0, 0.05) is 17.5 Å². The zero-order chi connectivity index (χ0) is 32.6. The summed E-state index contributed by atoms with van der Waals surface area (Å²) >= 11 is 0. The van der Waals surface area contributed by atoms with Gasteiger partial charge in [0.2, 0.25) is 17.7 Å². The summed E-state index contributed by atoms with van der Waals surface area (Å²) in [5, 5.41) is 11.5. The molecule has 0 radical (unpaired) electrons. The molecule has 0 aliphatic carbocycles. The van der Waals surface area contributed by atoms with Crippen LogP contribution in [0.5, 0.6) is 0 Å². The van der Waals surface area contributed by atoms with Crippen LogP contribution in [0.15, 0.2) is 40.4 Å². The van der Waals surface area contributed by atoms with Gasteiger partial charge in [0.25, 0.3) is 0 Å². The fraction of sp³-hybridized carbons (Fsp3) is 0.630. The minimum absolute atomic E-state index is 0.0372. The predicted octanol–water partition coefficient (Wildman–Crippen LogP) is 1.81. The van der Waals surface area contributed by atoms with Crippen molar-refractivity contribution in [3.8, 4) is 0 Å². The topological polar surface area (TPSA) is 235 Å². The maximum atomic E-state index is 13.6. The highest BCUT2D eigenvalue weighted by Crippen LogP contribution is 2.13. The fourth-order valence-electron chi connectivity index (χ4n) is 4.32. The smallest absolute Gasteiger partial charge is 0.304 e. The highest BCUT2D eigenvalue weighted by Gasteiger charge is 2.31. The van der Waals surface area contributed by atoms with Gasteiger partial charge in [0.15, 0.2) is 5.96 Å². The number of hydrogen-bond acceptors (Lipinski definition) is 7. The Morgan fingerprint density at radius 3 is 1.95 bits per heavy atom. The molecule has 0 fully saturated rings. The van der Waals surface area contributed by atoms with Gasteiger partial charge < -0.3 is 27.4 Å². The molecule has 4 atom stereocenters. The summed E-state index contributed by atoms with van der Waals surface area (Å²) in [5.41, 5.74) is 20.4. The Morgan fingerprint density at radius 2 is 1.47 bits per heavy atom. The van der Waals surface area contributed by atoms with Gasteiger partial charge in [-0.25, -0.2) is 0 Å². The molecule has 1 aromatic rings. The Hall–Kier alpha value is -3.91. The molecule has 1 aromatic carbocycles. The van der Waals surface area contributed by atoms with E-state index >= 15 is 0 Å². The van der Waals surface area contributed by atoms with Crippen LogP contribution in [0, 0.1) is 11.8 Å². The van der Waals surface area contributed by atoms with Crippen LogP contribution < -0.4 is 27.4 Å². The van der Waals surface area contributed by atoms with Crippen LogP contribution in [-0.2, 0) is 31.0 Å². The number of guanidine groups is 1. The number of rotatable bonds is 19. The van der Waals surface area contributed by atoms with Gasteiger partial charge in [-0.05, 0) is 55.0 Å². The van der Waals surface area contributed by atoms with E-state index in [1.807, 2.05) is 33.8 Å². The normalized spacial score (nSPS) is 14.1. The second-order valence-corrected chi connectivity index (χ2v) is 12.6. The lowest BCUT2D eigenvalue weighted by Gasteiger charge is -2.27. The third-order valence-electron chi connectivity index (χ3n) is 6.20. The van der Waals surface area contributed by atoms with Gasteiger partial charge in [0.1, 0.15) is 23.9 Å². The molecule has 0 unspecified atom stereocenters. The predicted molar refractivity (Wildman–Crippen MR) is 163 cm³/mol. The van der Waals surface area contributed by atoms with Crippen LogP contribution in [0.25, 0.3) is 10.4 Å². The fourth-order valence-corrected chi connectivity index (χ4v) is 5.05. The molecular weight excluding hydrogens is 581 g/mol. The molecule has 0 heterocycles. The molecule has 1 rings (SSSR count). The van der Waals surface area contributed by atoms with E-state index in [4.69, 9.17) is 17.0 Å². The first-order chi connectivity index (χ1) is 20.1. The minimum Gasteiger partial charge on any atom is -0.370 e. The maximum absolute atomic E-state index is 13.6. The van der Waals surface area contributed by atoms with Crippen molar-refractivity contribution >= 4 is 33.9 Å². The van der Waals surface area contributed by atoms with Crippen molar-refractivity contribution in [3.63, 3.8) is 0 Å². The summed E-state index contributed by atoms with van der Waals surface area (Å²) in [4.78, 5) is 46.4. The molecule has 7 N–H and O–H groups in total. The first kappa shape index (κ1) is 37.1. The van der Waals surface area contributed by atoms with E-state index < -0.39 is 57.9 Å². The van der Waals surface area contributed by atoms with Crippen LogP contribution in [0.3, 0.4) is 0 Å². The van der Waals surface area contributed by atoms with E-state index in [0.29, 0.717) is 0 Å². The number of hydrogen-bond donors (Lipinski definition) is 5. The van der Waals surface area contributed by atoms with Crippen LogP contribution >= 0.6 is 0 Å². The first-order valence-corrected chi connectivity index (χ1v) is 15.6. The van der Waals surface area contributed by atoms with Crippen molar-refractivity contribution < 1.29 is 26.7 Å². The lowest BCUT2D eigenvalue weighted by atomic mass is 9.99. The number of benzene rings is 1. The number of nitrogens with two attached hydrogens (primary N) is 2. The highest BCUT2D eigenvalue weighted by molar-refractivity contribution is 7.86. The summed E-state index contributed by atoms with van der Waals surface area (Å²) in [7, 11) is -4.94. The number of aliphatic imine (C=N–C) groups is 1. The van der Waals surface area contributed by atoms with Crippen molar-refractivity contribution in [2.24, 2.45) is 33.4 Å². The Balaban J connectivity index is 3.11. The average molecular weight is 626 g/mol. The summed E-state index contributed by atoms with van der Waals surface area (Å²) in [6, 6.07) is 4.54. The standard InChI is InChI=1S/C27H44FN9O5S/c1-17(2)13-21(24(38)33-20(16-43(28,41)42)11-8-12-32-27(29)30)34-25(39)22(14-18(3)4)35-26(40)23(36-37-31)15-19-9-6-5-7-10-19/h5-7,9-10,17-18,20-23H,8,11-16H2,1-4H3,(H,33,38)(H,34,39)(H,35,40)(H4,29,30,32)/t20-,21-,22-,23-/m0/s1. The first-order valence-electron chi connectivity index (χ1n) is 14.1. The second-order valence-electron chi connectivity index (χ2n) is 11.2. The molecule has 14 nitrogen and oxygen atoms in total. The molecule has 3 amide bonds. The van der Waals surface area contributed by atoms with E-state index in [-0.39, 0.29) is 56.4 Å². The van der Waals surface area contributed by atoms with Crippen molar-refractivity contribution in [1.29, 1.82) is 0 Å². The van der Waals surface area contributed by atoms with Gasteiger partial charge in [-0.3, -0.25) is 19.4 Å². The number of halogens is 1. The molecule has 0 spiro atoms. The largest absolute Gasteiger partial charge is 0.370 e. The summed E-state index contributed by atoms with van der Waals surface area (Å²) in [6.45, 7) is 7.50. The van der Waals surface area contributed by atoms with Crippen molar-refractivity contribution in [3.05, 3.63) is 46.3 Å². The third-order valence-corrected chi connectivity index (χ3v) is 7.00. The van der Waals surface area contributed by atoms with E-state index in [2.05, 4.69) is 31.0 Å². The lowest BCUT2D eigenvalue weighted by Crippen LogP contribution is -2.56. The number of nitrogens with one attached hydrogen (secondary N) is 3. The zero-order valence-electron chi connectivity index (χ0n) is 25.1. The SMILES string of the molecule is CC(C)C[C@H](NC(=O)[C@H](Cc1ccccc1)N=[N+]=[N-])C(=O)N[C@@H](CC(C)C)C(=O)N[C@@H](CCCN=C(N)N)CS(=O)(=O)F. The highest BCUT2D eigenvalue weighted by atomic mass is 32.3. The maximum Gasteiger partial charge on any atom is 0.304 e. The Labute approximate surface area is 252 Å². The van der Waals surface area contributed by atoms with Gasteiger partial charge in [0.05, 0.1) is 0 Å². The van der Waals surface area contributed by atoms with E-state index in [9.17, 15) is 26.7 Å². The van der Waals surface area contributed by atoms with E-state index in [1.54, 1.807) is 24.3 Å². The summed E-state index contributed by atoms with van der Waals surface area (Å²) < 4.78 is 36.3.